The van der Waals surface area contributed by atoms with Crippen LogP contribution in [0, 0.1) is 5.92 Å². The Morgan fingerprint density at radius 1 is 1.65 bits per heavy atom. The van der Waals surface area contributed by atoms with E-state index in [9.17, 15) is 4.79 Å². The molecule has 0 atom stereocenters. The summed E-state index contributed by atoms with van der Waals surface area (Å²) in [6.07, 6.45) is 5.52. The molecule has 1 aromatic heterocycles. The highest BCUT2D eigenvalue weighted by atomic mass is 16.4. The molecule has 1 saturated carbocycles. The Bertz CT molecular complexity index is 387. The second-order valence-corrected chi connectivity index (χ2v) is 4.73. The van der Waals surface area contributed by atoms with Gasteiger partial charge in [0.2, 0.25) is 0 Å². The van der Waals surface area contributed by atoms with Gasteiger partial charge < -0.3 is 10.0 Å². The Labute approximate surface area is 100 Å². The molecule has 17 heavy (non-hydrogen) atoms. The summed E-state index contributed by atoms with van der Waals surface area (Å²) in [5, 5.41) is 16.1. The SMILES string of the molecule is CN(CCn1cc(C(=O)O)nn1)CC1CCC1. The van der Waals surface area contributed by atoms with Crippen LogP contribution in [0.5, 0.6) is 0 Å². The van der Waals surface area contributed by atoms with Gasteiger partial charge in [-0.15, -0.1) is 5.10 Å². The van der Waals surface area contributed by atoms with E-state index in [1.807, 2.05) is 0 Å². The van der Waals surface area contributed by atoms with E-state index in [4.69, 9.17) is 5.11 Å². The fourth-order valence-electron chi connectivity index (χ4n) is 1.99. The zero-order valence-electron chi connectivity index (χ0n) is 10.0. The smallest absolute Gasteiger partial charge is 0.358 e. The van der Waals surface area contributed by atoms with Gasteiger partial charge in [0.15, 0.2) is 5.69 Å². The third-order valence-corrected chi connectivity index (χ3v) is 3.26. The number of nitrogens with zero attached hydrogens (tertiary/aromatic N) is 4. The van der Waals surface area contributed by atoms with Crippen LogP contribution in [0.2, 0.25) is 0 Å². The molecule has 1 N–H and O–H groups in total. The van der Waals surface area contributed by atoms with Gasteiger partial charge in [-0.1, -0.05) is 11.6 Å². The van der Waals surface area contributed by atoms with Crippen LogP contribution >= 0.6 is 0 Å². The van der Waals surface area contributed by atoms with E-state index in [0.29, 0.717) is 6.54 Å². The fraction of sp³-hybridized carbons (Fsp3) is 0.727. The largest absolute Gasteiger partial charge is 0.476 e. The average molecular weight is 238 g/mol. The molecule has 1 aliphatic rings. The predicted octanol–water partition coefficient (Wildman–Crippen LogP) is 0.708. The molecule has 2 rings (SSSR count). The lowest BCUT2D eigenvalue weighted by molar-refractivity contribution is 0.0690. The standard InChI is InChI=1S/C11H18N4O2/c1-14(7-9-3-2-4-9)5-6-15-8-10(11(16)17)12-13-15/h8-9H,2-7H2,1H3,(H,16,17). The van der Waals surface area contributed by atoms with Crippen molar-refractivity contribution in [3.05, 3.63) is 11.9 Å². The quantitative estimate of drug-likeness (QED) is 0.790. The van der Waals surface area contributed by atoms with E-state index in [1.54, 1.807) is 4.68 Å². The number of likely N-dealkylation sites (N-methyl/N-ethyl adjacent to an activating group) is 1. The third-order valence-electron chi connectivity index (χ3n) is 3.26. The van der Waals surface area contributed by atoms with Crippen molar-refractivity contribution in [1.82, 2.24) is 19.9 Å². The van der Waals surface area contributed by atoms with Crippen molar-refractivity contribution in [3.8, 4) is 0 Å². The molecule has 0 saturated heterocycles. The molecule has 94 valence electrons. The molecular formula is C11H18N4O2. The normalized spacial score (nSPS) is 16.1. The van der Waals surface area contributed by atoms with E-state index in [0.717, 1.165) is 19.0 Å². The third kappa shape index (κ3) is 3.26. The first kappa shape index (κ1) is 12.0. The van der Waals surface area contributed by atoms with Crippen molar-refractivity contribution in [3.63, 3.8) is 0 Å². The summed E-state index contributed by atoms with van der Waals surface area (Å²) >= 11 is 0. The van der Waals surface area contributed by atoms with Crippen LogP contribution in [0.1, 0.15) is 29.8 Å². The van der Waals surface area contributed by atoms with Gasteiger partial charge in [-0.25, -0.2) is 4.79 Å². The molecule has 0 radical (unpaired) electrons. The molecule has 1 aliphatic carbocycles. The predicted molar refractivity (Wildman–Crippen MR) is 61.8 cm³/mol. The number of aromatic carboxylic acids is 1. The Morgan fingerprint density at radius 2 is 2.41 bits per heavy atom. The van der Waals surface area contributed by atoms with Crippen molar-refractivity contribution in [2.24, 2.45) is 5.92 Å². The Balaban J connectivity index is 1.74. The number of hydrogen-bond donors (Lipinski definition) is 1. The van der Waals surface area contributed by atoms with E-state index >= 15 is 0 Å². The molecule has 0 bridgehead atoms. The molecule has 0 unspecified atom stereocenters. The Morgan fingerprint density at radius 3 is 2.94 bits per heavy atom. The van der Waals surface area contributed by atoms with Gasteiger partial charge in [-0.05, 0) is 25.8 Å². The maximum atomic E-state index is 10.6. The maximum absolute atomic E-state index is 10.6. The molecular weight excluding hydrogens is 220 g/mol. The van der Waals surface area contributed by atoms with Crippen LogP contribution in [-0.4, -0.2) is 51.1 Å². The van der Waals surface area contributed by atoms with Crippen LogP contribution < -0.4 is 0 Å². The summed E-state index contributed by atoms with van der Waals surface area (Å²) in [4.78, 5) is 12.9. The van der Waals surface area contributed by atoms with Crippen LogP contribution in [-0.2, 0) is 6.54 Å². The van der Waals surface area contributed by atoms with Gasteiger partial charge in [-0.2, -0.15) is 0 Å². The second-order valence-electron chi connectivity index (χ2n) is 4.73. The number of rotatable bonds is 6. The number of aromatic nitrogens is 3. The van der Waals surface area contributed by atoms with E-state index in [1.165, 1.54) is 25.5 Å². The molecule has 1 heterocycles. The van der Waals surface area contributed by atoms with E-state index in [2.05, 4.69) is 22.3 Å². The highest BCUT2D eigenvalue weighted by Crippen LogP contribution is 2.26. The van der Waals surface area contributed by atoms with Gasteiger partial charge >= 0.3 is 5.97 Å². The molecule has 0 spiro atoms. The average Bonchev–Trinajstić information content (AvgIpc) is 2.69. The van der Waals surface area contributed by atoms with Crippen molar-refractivity contribution < 1.29 is 9.90 Å². The summed E-state index contributed by atoms with van der Waals surface area (Å²) < 4.78 is 1.58. The van der Waals surface area contributed by atoms with E-state index < -0.39 is 5.97 Å². The summed E-state index contributed by atoms with van der Waals surface area (Å²) in [7, 11) is 2.09. The minimum absolute atomic E-state index is 0.00615. The lowest BCUT2D eigenvalue weighted by Gasteiger charge is -2.29. The zero-order valence-corrected chi connectivity index (χ0v) is 10.0. The molecule has 6 heteroatoms. The first-order valence-electron chi connectivity index (χ1n) is 5.97. The van der Waals surface area contributed by atoms with Crippen molar-refractivity contribution >= 4 is 5.97 Å². The summed E-state index contributed by atoms with van der Waals surface area (Å²) in [6, 6.07) is 0. The molecule has 1 aromatic rings. The summed E-state index contributed by atoms with van der Waals surface area (Å²) in [5.41, 5.74) is 0.00615. The minimum atomic E-state index is -1.03. The second kappa shape index (κ2) is 5.27. The molecule has 1 fully saturated rings. The highest BCUT2D eigenvalue weighted by molar-refractivity contribution is 5.84. The van der Waals surface area contributed by atoms with Crippen molar-refractivity contribution in [2.75, 3.05) is 20.1 Å². The maximum Gasteiger partial charge on any atom is 0.358 e. The van der Waals surface area contributed by atoms with Gasteiger partial charge in [-0.3, -0.25) is 4.68 Å². The summed E-state index contributed by atoms with van der Waals surface area (Å²) in [6.45, 7) is 2.68. The lowest BCUT2D eigenvalue weighted by atomic mass is 9.85. The van der Waals surface area contributed by atoms with Crippen LogP contribution in [0.3, 0.4) is 0 Å². The highest BCUT2D eigenvalue weighted by Gasteiger charge is 2.18. The topological polar surface area (TPSA) is 71.2 Å². The number of carbonyl (C=O) groups is 1. The molecule has 0 aromatic carbocycles. The molecule has 0 aliphatic heterocycles. The van der Waals surface area contributed by atoms with Gasteiger partial charge in [0.25, 0.3) is 0 Å². The number of hydrogen-bond acceptors (Lipinski definition) is 4. The van der Waals surface area contributed by atoms with Crippen molar-refractivity contribution in [1.29, 1.82) is 0 Å². The molecule has 0 amide bonds. The number of carboxylic acid groups (broad SMARTS) is 1. The van der Waals surface area contributed by atoms with Crippen LogP contribution in [0.4, 0.5) is 0 Å². The Kier molecular flexibility index (Phi) is 3.73. The van der Waals surface area contributed by atoms with Crippen LogP contribution in [0.15, 0.2) is 6.20 Å². The van der Waals surface area contributed by atoms with Gasteiger partial charge in [0.1, 0.15) is 0 Å². The van der Waals surface area contributed by atoms with Gasteiger partial charge in [0.05, 0.1) is 12.7 Å². The van der Waals surface area contributed by atoms with Gasteiger partial charge in [0, 0.05) is 13.1 Å². The first-order valence-corrected chi connectivity index (χ1v) is 5.97. The minimum Gasteiger partial charge on any atom is -0.476 e. The van der Waals surface area contributed by atoms with E-state index in [-0.39, 0.29) is 5.69 Å². The Hall–Kier alpha value is -1.43. The fourth-order valence-corrected chi connectivity index (χ4v) is 1.99. The van der Waals surface area contributed by atoms with Crippen LogP contribution in [0.25, 0.3) is 0 Å². The zero-order chi connectivity index (χ0) is 12.3. The first-order chi connectivity index (χ1) is 8.15. The number of carboxylic acids is 1. The summed E-state index contributed by atoms with van der Waals surface area (Å²) in [5.74, 6) is -0.176. The lowest BCUT2D eigenvalue weighted by Crippen LogP contribution is -2.31. The molecule has 6 nitrogen and oxygen atoms in total. The monoisotopic (exact) mass is 238 g/mol. The van der Waals surface area contributed by atoms with Crippen molar-refractivity contribution in [2.45, 2.75) is 25.8 Å².